The molecule has 1 aromatic rings. The predicted octanol–water partition coefficient (Wildman–Crippen LogP) is 4.48. The van der Waals surface area contributed by atoms with Crippen LogP contribution in [-0.2, 0) is 6.42 Å². The predicted molar refractivity (Wildman–Crippen MR) is 65.7 cm³/mol. The van der Waals surface area contributed by atoms with E-state index in [0.29, 0.717) is 5.75 Å². The third-order valence-corrected chi connectivity index (χ3v) is 3.22. The number of aryl methyl sites for hydroxylation is 1. The van der Waals surface area contributed by atoms with Crippen molar-refractivity contribution in [3.63, 3.8) is 0 Å². The Bertz CT molecular complexity index is 321. The molecule has 2 heteroatoms. The van der Waals surface area contributed by atoms with E-state index in [1.165, 1.54) is 19.3 Å². The standard InChI is InChI=1S/C13H19ClO/c1-3-4-5-6-7-11-12(15)9-8-10(2)13(11)14/h8-9,15H,3-7H2,1-2H3. The number of halogens is 1. The van der Waals surface area contributed by atoms with E-state index in [0.717, 1.165) is 29.0 Å². The first-order chi connectivity index (χ1) is 7.16. The maximum absolute atomic E-state index is 9.69. The van der Waals surface area contributed by atoms with Crippen molar-refractivity contribution >= 4 is 11.6 Å². The van der Waals surface area contributed by atoms with Gasteiger partial charge in [0, 0.05) is 5.56 Å². The largest absolute Gasteiger partial charge is 0.508 e. The zero-order valence-corrected chi connectivity index (χ0v) is 10.3. The van der Waals surface area contributed by atoms with Crippen molar-refractivity contribution in [1.29, 1.82) is 0 Å². The lowest BCUT2D eigenvalue weighted by Crippen LogP contribution is -1.90. The zero-order chi connectivity index (χ0) is 11.3. The molecule has 0 bridgehead atoms. The average molecular weight is 227 g/mol. The number of benzene rings is 1. The van der Waals surface area contributed by atoms with Gasteiger partial charge in [0.25, 0.3) is 0 Å². The monoisotopic (exact) mass is 226 g/mol. The van der Waals surface area contributed by atoms with Crippen LogP contribution >= 0.6 is 11.6 Å². The molecule has 0 atom stereocenters. The topological polar surface area (TPSA) is 20.2 Å². The third-order valence-electron chi connectivity index (χ3n) is 2.69. The van der Waals surface area contributed by atoms with Gasteiger partial charge < -0.3 is 5.11 Å². The molecular weight excluding hydrogens is 208 g/mol. The van der Waals surface area contributed by atoms with Gasteiger partial charge in [0.1, 0.15) is 5.75 Å². The molecule has 0 aliphatic rings. The minimum absolute atomic E-state index is 0.335. The number of phenols is 1. The second kappa shape index (κ2) is 6.02. The summed E-state index contributed by atoms with van der Waals surface area (Å²) in [6.45, 7) is 4.16. The fourth-order valence-corrected chi connectivity index (χ4v) is 1.95. The van der Waals surface area contributed by atoms with Gasteiger partial charge in [0.2, 0.25) is 0 Å². The summed E-state index contributed by atoms with van der Waals surface area (Å²) in [7, 11) is 0. The lowest BCUT2D eigenvalue weighted by Gasteiger charge is -2.09. The first-order valence-electron chi connectivity index (χ1n) is 5.63. The van der Waals surface area contributed by atoms with Crippen LogP contribution in [0.4, 0.5) is 0 Å². The molecule has 1 N–H and O–H groups in total. The second-order valence-electron chi connectivity index (χ2n) is 4.00. The van der Waals surface area contributed by atoms with E-state index in [9.17, 15) is 5.11 Å². The average Bonchev–Trinajstić information content (AvgIpc) is 2.23. The van der Waals surface area contributed by atoms with Gasteiger partial charge in [0.15, 0.2) is 0 Å². The van der Waals surface area contributed by atoms with E-state index in [-0.39, 0.29) is 0 Å². The number of unbranched alkanes of at least 4 members (excludes halogenated alkanes) is 3. The minimum Gasteiger partial charge on any atom is -0.508 e. The molecule has 0 saturated carbocycles. The number of hydrogen-bond donors (Lipinski definition) is 1. The van der Waals surface area contributed by atoms with E-state index in [4.69, 9.17) is 11.6 Å². The van der Waals surface area contributed by atoms with Crippen LogP contribution in [0.1, 0.15) is 43.7 Å². The first-order valence-corrected chi connectivity index (χ1v) is 6.01. The highest BCUT2D eigenvalue weighted by Crippen LogP contribution is 2.30. The van der Waals surface area contributed by atoms with Gasteiger partial charge in [-0.15, -0.1) is 0 Å². The second-order valence-corrected chi connectivity index (χ2v) is 4.38. The summed E-state index contributed by atoms with van der Waals surface area (Å²) >= 11 is 6.15. The van der Waals surface area contributed by atoms with Crippen LogP contribution in [0.5, 0.6) is 5.75 Å². The zero-order valence-electron chi connectivity index (χ0n) is 9.52. The Morgan fingerprint density at radius 2 is 1.93 bits per heavy atom. The third kappa shape index (κ3) is 3.42. The molecule has 0 aromatic heterocycles. The Hall–Kier alpha value is -0.690. The highest BCUT2D eigenvalue weighted by molar-refractivity contribution is 6.32. The van der Waals surface area contributed by atoms with Crippen molar-refractivity contribution in [2.24, 2.45) is 0 Å². The van der Waals surface area contributed by atoms with Gasteiger partial charge in [-0.2, -0.15) is 0 Å². The van der Waals surface area contributed by atoms with Crippen molar-refractivity contribution in [1.82, 2.24) is 0 Å². The normalized spacial score (nSPS) is 10.6. The number of aromatic hydroxyl groups is 1. The van der Waals surface area contributed by atoms with Crippen molar-refractivity contribution in [2.75, 3.05) is 0 Å². The molecule has 0 radical (unpaired) electrons. The van der Waals surface area contributed by atoms with E-state index < -0.39 is 0 Å². The smallest absolute Gasteiger partial charge is 0.120 e. The molecule has 1 nitrogen and oxygen atoms in total. The van der Waals surface area contributed by atoms with Crippen LogP contribution in [0.2, 0.25) is 5.02 Å². The quantitative estimate of drug-likeness (QED) is 0.735. The van der Waals surface area contributed by atoms with Crippen LogP contribution in [0.15, 0.2) is 12.1 Å². The van der Waals surface area contributed by atoms with Crippen LogP contribution < -0.4 is 0 Å². The summed E-state index contributed by atoms with van der Waals surface area (Å²) in [6.07, 6.45) is 5.68. The minimum atomic E-state index is 0.335. The fourth-order valence-electron chi connectivity index (χ4n) is 1.69. The Labute approximate surface area is 97.1 Å². The molecule has 0 heterocycles. The maximum atomic E-state index is 9.69. The molecule has 1 rings (SSSR count). The summed E-state index contributed by atoms with van der Waals surface area (Å²) in [5, 5.41) is 10.4. The van der Waals surface area contributed by atoms with Gasteiger partial charge in [0.05, 0.1) is 5.02 Å². The summed E-state index contributed by atoms with van der Waals surface area (Å²) < 4.78 is 0. The van der Waals surface area contributed by atoms with Crippen molar-refractivity contribution in [3.05, 3.63) is 28.3 Å². The summed E-state index contributed by atoms with van der Waals surface area (Å²) in [6, 6.07) is 3.59. The van der Waals surface area contributed by atoms with E-state index in [1.54, 1.807) is 6.07 Å². The van der Waals surface area contributed by atoms with Gasteiger partial charge >= 0.3 is 0 Å². The van der Waals surface area contributed by atoms with E-state index in [1.807, 2.05) is 13.0 Å². The van der Waals surface area contributed by atoms with Crippen molar-refractivity contribution < 1.29 is 5.11 Å². The molecule has 0 saturated heterocycles. The molecule has 0 aliphatic carbocycles. The molecule has 0 aliphatic heterocycles. The highest BCUT2D eigenvalue weighted by Gasteiger charge is 2.08. The van der Waals surface area contributed by atoms with Crippen molar-refractivity contribution in [2.45, 2.75) is 46.0 Å². The molecule has 0 spiro atoms. The molecule has 0 unspecified atom stereocenters. The number of hydrogen-bond acceptors (Lipinski definition) is 1. The summed E-state index contributed by atoms with van der Waals surface area (Å²) in [5.74, 6) is 0.335. The lowest BCUT2D eigenvalue weighted by molar-refractivity contribution is 0.466. The Kier molecular flexibility index (Phi) is 4.97. The fraction of sp³-hybridized carbons (Fsp3) is 0.538. The van der Waals surface area contributed by atoms with Crippen LogP contribution in [0.3, 0.4) is 0 Å². The Balaban J connectivity index is 2.63. The van der Waals surface area contributed by atoms with E-state index >= 15 is 0 Å². The van der Waals surface area contributed by atoms with Gasteiger partial charge in [-0.1, -0.05) is 43.9 Å². The van der Waals surface area contributed by atoms with Crippen molar-refractivity contribution in [3.8, 4) is 5.75 Å². The molecule has 0 amide bonds. The number of rotatable bonds is 5. The SMILES string of the molecule is CCCCCCc1c(O)ccc(C)c1Cl. The lowest BCUT2D eigenvalue weighted by atomic mass is 10.0. The molecular formula is C13H19ClO. The molecule has 15 heavy (non-hydrogen) atoms. The van der Waals surface area contributed by atoms with E-state index in [2.05, 4.69) is 6.92 Å². The summed E-state index contributed by atoms with van der Waals surface area (Å²) in [5.41, 5.74) is 1.95. The Morgan fingerprint density at radius 3 is 2.60 bits per heavy atom. The van der Waals surface area contributed by atoms with Crippen LogP contribution in [-0.4, -0.2) is 5.11 Å². The number of phenolic OH excluding ortho intramolecular Hbond substituents is 1. The van der Waals surface area contributed by atoms with Crippen LogP contribution in [0, 0.1) is 6.92 Å². The van der Waals surface area contributed by atoms with Crippen LogP contribution in [0.25, 0.3) is 0 Å². The van der Waals surface area contributed by atoms with Gasteiger partial charge in [-0.25, -0.2) is 0 Å². The molecule has 1 aromatic carbocycles. The summed E-state index contributed by atoms with van der Waals surface area (Å²) in [4.78, 5) is 0. The molecule has 0 fully saturated rings. The van der Waals surface area contributed by atoms with Gasteiger partial charge in [-0.05, 0) is 31.4 Å². The van der Waals surface area contributed by atoms with Gasteiger partial charge in [-0.3, -0.25) is 0 Å². The Morgan fingerprint density at radius 1 is 1.20 bits per heavy atom. The maximum Gasteiger partial charge on any atom is 0.120 e. The highest BCUT2D eigenvalue weighted by atomic mass is 35.5. The first kappa shape index (κ1) is 12.4. The molecule has 84 valence electrons.